The fourth-order valence-corrected chi connectivity index (χ4v) is 2.96. The Morgan fingerprint density at radius 1 is 1.45 bits per heavy atom. The molecule has 0 atom stereocenters. The number of carbonyl (C=O) groups excluding carboxylic acids is 1. The molecule has 0 fully saturated rings. The van der Waals surface area contributed by atoms with Crippen LogP contribution in [0.5, 0.6) is 0 Å². The molecule has 20 heavy (non-hydrogen) atoms. The van der Waals surface area contributed by atoms with E-state index in [0.717, 1.165) is 4.88 Å². The van der Waals surface area contributed by atoms with Crippen LogP contribution in [0.25, 0.3) is 11.1 Å². The number of nitro benzene ring substituents is 1. The predicted octanol–water partition coefficient (Wildman–Crippen LogP) is 3.00. The smallest absolute Gasteiger partial charge is 0.350 e. The van der Waals surface area contributed by atoms with E-state index in [0.29, 0.717) is 21.7 Å². The van der Waals surface area contributed by atoms with Crippen molar-refractivity contribution in [2.75, 3.05) is 12.8 Å². The summed E-state index contributed by atoms with van der Waals surface area (Å²) in [7, 11) is 1.28. The molecule has 6 nitrogen and oxygen atoms in total. The molecule has 0 spiro atoms. The van der Waals surface area contributed by atoms with Gasteiger partial charge in [0.15, 0.2) is 0 Å². The van der Waals surface area contributed by atoms with Gasteiger partial charge in [-0.3, -0.25) is 10.1 Å². The molecule has 0 saturated carbocycles. The van der Waals surface area contributed by atoms with Crippen LogP contribution in [0.1, 0.15) is 14.5 Å². The van der Waals surface area contributed by atoms with Crippen LogP contribution in [0.2, 0.25) is 0 Å². The van der Waals surface area contributed by atoms with Crippen molar-refractivity contribution in [3.05, 3.63) is 44.1 Å². The average Bonchev–Trinajstić information content (AvgIpc) is 2.73. The normalized spacial score (nSPS) is 10.3. The van der Waals surface area contributed by atoms with Crippen molar-refractivity contribution in [3.63, 3.8) is 0 Å². The fraction of sp³-hybridized carbons (Fsp3) is 0.154. The average molecular weight is 292 g/mol. The number of hydrogen-bond donors (Lipinski definition) is 1. The van der Waals surface area contributed by atoms with Crippen LogP contribution in [0.3, 0.4) is 0 Å². The molecule has 0 aliphatic heterocycles. The van der Waals surface area contributed by atoms with Crippen molar-refractivity contribution in [1.29, 1.82) is 0 Å². The topological polar surface area (TPSA) is 95.5 Å². The highest BCUT2D eigenvalue weighted by molar-refractivity contribution is 7.15. The number of hydrogen-bond acceptors (Lipinski definition) is 6. The second-order valence-corrected chi connectivity index (χ2v) is 5.30. The number of carbonyl (C=O) groups is 1. The monoisotopic (exact) mass is 292 g/mol. The third-order valence-corrected chi connectivity index (χ3v) is 3.94. The largest absolute Gasteiger partial charge is 0.465 e. The number of nitrogens with two attached hydrogens (primary N) is 1. The highest BCUT2D eigenvalue weighted by Gasteiger charge is 2.21. The number of methoxy groups -OCH3 is 1. The molecule has 1 aromatic carbocycles. The Bertz CT molecular complexity index is 694. The van der Waals surface area contributed by atoms with Gasteiger partial charge in [-0.05, 0) is 12.5 Å². The molecule has 0 unspecified atom stereocenters. The molecular formula is C13H12N2O4S. The number of esters is 1. The lowest BCUT2D eigenvalue weighted by Gasteiger charge is -2.03. The standard InChI is InChI=1S/C13H12N2O4S/c1-7-10(11(14)12(20-7)13(16)19-2)8-4-3-5-9(6-8)15(17)18/h3-6H,14H2,1-2H3. The molecular weight excluding hydrogens is 280 g/mol. The number of nitrogens with zero attached hydrogens (tertiary/aromatic N) is 1. The summed E-state index contributed by atoms with van der Waals surface area (Å²) in [6.45, 7) is 1.81. The van der Waals surface area contributed by atoms with Gasteiger partial charge in [0.2, 0.25) is 0 Å². The zero-order valence-corrected chi connectivity index (χ0v) is 11.7. The molecule has 0 amide bonds. The minimum absolute atomic E-state index is 0.0212. The number of aryl methyl sites for hydroxylation is 1. The summed E-state index contributed by atoms with van der Waals surface area (Å²) in [5.41, 5.74) is 7.50. The van der Waals surface area contributed by atoms with E-state index in [2.05, 4.69) is 4.74 Å². The van der Waals surface area contributed by atoms with Gasteiger partial charge in [0.25, 0.3) is 5.69 Å². The number of non-ortho nitro benzene ring substituents is 1. The van der Waals surface area contributed by atoms with Gasteiger partial charge < -0.3 is 10.5 Å². The van der Waals surface area contributed by atoms with Crippen molar-refractivity contribution in [1.82, 2.24) is 0 Å². The fourth-order valence-electron chi connectivity index (χ4n) is 1.94. The van der Waals surface area contributed by atoms with E-state index in [1.165, 1.54) is 30.6 Å². The molecule has 0 bridgehead atoms. The molecule has 2 rings (SSSR count). The van der Waals surface area contributed by atoms with Crippen LogP contribution < -0.4 is 5.73 Å². The Labute approximate surface area is 118 Å². The van der Waals surface area contributed by atoms with Crippen LogP contribution in [0.4, 0.5) is 11.4 Å². The van der Waals surface area contributed by atoms with Crippen molar-refractivity contribution in [2.45, 2.75) is 6.92 Å². The van der Waals surface area contributed by atoms with E-state index in [1.54, 1.807) is 12.1 Å². The van der Waals surface area contributed by atoms with E-state index >= 15 is 0 Å². The Kier molecular flexibility index (Phi) is 3.71. The third-order valence-electron chi connectivity index (χ3n) is 2.84. The second-order valence-electron chi connectivity index (χ2n) is 4.08. The maximum atomic E-state index is 11.6. The summed E-state index contributed by atoms with van der Waals surface area (Å²) in [5.74, 6) is -0.507. The molecule has 104 valence electrons. The molecule has 0 aliphatic carbocycles. The maximum Gasteiger partial charge on any atom is 0.350 e. The van der Waals surface area contributed by atoms with Crippen LogP contribution in [-0.4, -0.2) is 18.0 Å². The maximum absolute atomic E-state index is 11.6. The Balaban J connectivity index is 2.58. The molecule has 7 heteroatoms. The minimum atomic E-state index is -0.507. The Hall–Kier alpha value is -2.41. The number of anilines is 1. The summed E-state index contributed by atoms with van der Waals surface area (Å²) in [6, 6.07) is 6.15. The molecule has 2 N–H and O–H groups in total. The highest BCUT2D eigenvalue weighted by Crippen LogP contribution is 2.39. The van der Waals surface area contributed by atoms with Gasteiger partial charge in [0, 0.05) is 22.6 Å². The summed E-state index contributed by atoms with van der Waals surface area (Å²) >= 11 is 1.21. The van der Waals surface area contributed by atoms with Gasteiger partial charge in [0.1, 0.15) is 4.88 Å². The predicted molar refractivity (Wildman–Crippen MR) is 76.9 cm³/mol. The Morgan fingerprint density at radius 2 is 2.15 bits per heavy atom. The van der Waals surface area contributed by atoms with E-state index in [4.69, 9.17) is 5.73 Å². The minimum Gasteiger partial charge on any atom is -0.465 e. The summed E-state index contributed by atoms with van der Waals surface area (Å²) < 4.78 is 4.67. The van der Waals surface area contributed by atoms with Crippen LogP contribution in [-0.2, 0) is 4.74 Å². The molecule has 0 radical (unpaired) electrons. The molecule has 0 aliphatic rings. The first-order valence-corrected chi connectivity index (χ1v) is 6.49. The van der Waals surface area contributed by atoms with Gasteiger partial charge in [0.05, 0.1) is 17.7 Å². The van der Waals surface area contributed by atoms with Gasteiger partial charge in [-0.25, -0.2) is 4.79 Å². The lowest BCUT2D eigenvalue weighted by atomic mass is 10.0. The Morgan fingerprint density at radius 3 is 2.75 bits per heavy atom. The number of nitrogen functional groups attached to an aromatic ring is 1. The first-order valence-electron chi connectivity index (χ1n) is 5.67. The number of ether oxygens (including phenoxy) is 1. The molecule has 2 aromatic rings. The number of nitro groups is 1. The molecule has 1 aromatic heterocycles. The van der Waals surface area contributed by atoms with Gasteiger partial charge >= 0.3 is 5.97 Å². The summed E-state index contributed by atoms with van der Waals surface area (Å²) in [5, 5.41) is 10.8. The molecule has 0 saturated heterocycles. The lowest BCUT2D eigenvalue weighted by molar-refractivity contribution is -0.384. The zero-order valence-electron chi connectivity index (χ0n) is 10.9. The first kappa shape index (κ1) is 14.0. The zero-order chi connectivity index (χ0) is 14.9. The third kappa shape index (κ3) is 2.35. The van der Waals surface area contributed by atoms with E-state index in [-0.39, 0.29) is 5.69 Å². The van der Waals surface area contributed by atoms with E-state index in [1.807, 2.05) is 6.92 Å². The van der Waals surface area contributed by atoms with E-state index < -0.39 is 10.9 Å². The van der Waals surface area contributed by atoms with Gasteiger partial charge in [-0.1, -0.05) is 12.1 Å². The van der Waals surface area contributed by atoms with Crippen molar-refractivity contribution in [3.8, 4) is 11.1 Å². The lowest BCUT2D eigenvalue weighted by Crippen LogP contribution is -2.02. The van der Waals surface area contributed by atoms with Crippen molar-refractivity contribution in [2.24, 2.45) is 0 Å². The number of rotatable bonds is 3. The van der Waals surface area contributed by atoms with Crippen LogP contribution in [0, 0.1) is 17.0 Å². The quantitative estimate of drug-likeness (QED) is 0.533. The first-order chi connectivity index (χ1) is 9.45. The van der Waals surface area contributed by atoms with Gasteiger partial charge in [-0.2, -0.15) is 0 Å². The van der Waals surface area contributed by atoms with Crippen LogP contribution in [0.15, 0.2) is 24.3 Å². The van der Waals surface area contributed by atoms with Crippen molar-refractivity contribution >= 4 is 28.7 Å². The number of benzene rings is 1. The van der Waals surface area contributed by atoms with Crippen molar-refractivity contribution < 1.29 is 14.5 Å². The molecule has 1 heterocycles. The SMILES string of the molecule is COC(=O)c1sc(C)c(-c2cccc([N+](=O)[O-])c2)c1N. The second kappa shape index (κ2) is 5.30. The van der Waals surface area contributed by atoms with Crippen LogP contribution >= 0.6 is 11.3 Å². The van der Waals surface area contributed by atoms with E-state index in [9.17, 15) is 14.9 Å². The highest BCUT2D eigenvalue weighted by atomic mass is 32.1. The summed E-state index contributed by atoms with van der Waals surface area (Å²) in [6.07, 6.45) is 0. The summed E-state index contributed by atoms with van der Waals surface area (Å²) in [4.78, 5) is 23.1. The number of thiophene rings is 1. The van der Waals surface area contributed by atoms with Gasteiger partial charge in [-0.15, -0.1) is 11.3 Å².